The normalized spacial score (nSPS) is 8.88. The predicted molar refractivity (Wildman–Crippen MR) is 38.0 cm³/mol. The first-order chi connectivity index (χ1) is 3.46. The van der Waals surface area contributed by atoms with Crippen LogP contribution in [0.2, 0.25) is 0 Å². The summed E-state index contributed by atoms with van der Waals surface area (Å²) in [5.41, 5.74) is 1.17. The summed E-state index contributed by atoms with van der Waals surface area (Å²) >= 11 is -1.85. The maximum absolute atomic E-state index is 4.96. The van der Waals surface area contributed by atoms with E-state index >= 15 is 0 Å². The molecule has 0 saturated carbocycles. The fourth-order valence-corrected chi connectivity index (χ4v) is 0. The summed E-state index contributed by atoms with van der Waals surface area (Å²) in [7, 11) is 14.9. The van der Waals surface area contributed by atoms with Crippen molar-refractivity contribution in [3.05, 3.63) is 12.2 Å². The zero-order valence-electron chi connectivity index (χ0n) is 4.66. The van der Waals surface area contributed by atoms with E-state index in [9.17, 15) is 0 Å². The van der Waals surface area contributed by atoms with E-state index in [2.05, 4.69) is 6.58 Å². The van der Waals surface area contributed by atoms with Gasteiger partial charge in [-0.15, -0.1) is 6.58 Å². The van der Waals surface area contributed by atoms with Gasteiger partial charge in [-0.25, -0.2) is 0 Å². The third-order valence-corrected chi connectivity index (χ3v) is 0. The summed E-state index contributed by atoms with van der Waals surface area (Å²) in [6.07, 6.45) is 0. The summed E-state index contributed by atoms with van der Waals surface area (Å²) in [4.78, 5) is 0. The number of allylic oxidation sites excluding steroid dienone is 1. The summed E-state index contributed by atoms with van der Waals surface area (Å²) < 4.78 is 0. The van der Waals surface area contributed by atoms with Crippen molar-refractivity contribution >= 4 is 28.3 Å². The molecule has 0 aromatic heterocycles. The first kappa shape index (κ1) is 12.0. The molecule has 0 aromatic carbocycles. The zero-order valence-corrected chi connectivity index (χ0v) is 9.20. The molecular formula is C4H8Cl3Pt. The van der Waals surface area contributed by atoms with Crippen LogP contribution in [0.4, 0.5) is 0 Å². The Hall–Kier alpha value is 1.30. The fraction of sp³-hybridized carbons (Fsp3) is 0.500. The minimum absolute atomic E-state index is 1.17. The Labute approximate surface area is 68.1 Å². The average Bonchev–Trinajstić information content (AvgIpc) is 1.25. The van der Waals surface area contributed by atoms with E-state index in [1.165, 1.54) is 5.57 Å². The number of halogens is 3. The van der Waals surface area contributed by atoms with Crippen LogP contribution in [0.15, 0.2) is 12.2 Å². The van der Waals surface area contributed by atoms with Gasteiger partial charge < -0.3 is 0 Å². The molecule has 0 rings (SSSR count). The fourth-order valence-electron chi connectivity index (χ4n) is 0. The van der Waals surface area contributed by atoms with Gasteiger partial charge in [-0.1, -0.05) is 5.57 Å². The molecule has 0 N–H and O–H groups in total. The third kappa shape index (κ3) is 172. The van der Waals surface area contributed by atoms with Crippen LogP contribution in [0.25, 0.3) is 0 Å². The SMILES string of the molecule is C=C(C)C.[Cl][Pt]([Cl])[Cl]. The predicted octanol–water partition coefficient (Wildman–Crippen LogP) is 3.65. The van der Waals surface area contributed by atoms with E-state index in [1.807, 2.05) is 13.8 Å². The van der Waals surface area contributed by atoms with Gasteiger partial charge in [0.1, 0.15) is 0 Å². The molecule has 0 saturated heterocycles. The Morgan fingerprint density at radius 3 is 1.25 bits per heavy atom. The molecule has 0 aliphatic carbocycles. The van der Waals surface area contributed by atoms with E-state index in [-0.39, 0.29) is 0 Å². The number of hydrogen-bond acceptors (Lipinski definition) is 0. The van der Waals surface area contributed by atoms with Crippen LogP contribution < -0.4 is 0 Å². The van der Waals surface area contributed by atoms with Crippen LogP contribution in [0.1, 0.15) is 13.8 Å². The minimum atomic E-state index is -1.85. The maximum atomic E-state index is 4.96. The van der Waals surface area contributed by atoms with Crippen LogP contribution >= 0.6 is 28.3 Å². The Balaban J connectivity index is 0. The van der Waals surface area contributed by atoms with Gasteiger partial charge in [0.15, 0.2) is 0 Å². The van der Waals surface area contributed by atoms with E-state index in [0.29, 0.717) is 0 Å². The van der Waals surface area contributed by atoms with Gasteiger partial charge >= 0.3 is 42.4 Å². The van der Waals surface area contributed by atoms with Crippen LogP contribution in [0.3, 0.4) is 0 Å². The summed E-state index contributed by atoms with van der Waals surface area (Å²) in [6.45, 7) is 7.50. The summed E-state index contributed by atoms with van der Waals surface area (Å²) in [5.74, 6) is 0. The van der Waals surface area contributed by atoms with E-state index < -0.39 is 14.2 Å². The molecule has 0 atom stereocenters. The Morgan fingerprint density at radius 2 is 1.25 bits per heavy atom. The van der Waals surface area contributed by atoms with Crippen molar-refractivity contribution in [1.29, 1.82) is 0 Å². The number of rotatable bonds is 0. The van der Waals surface area contributed by atoms with Crippen LogP contribution in [0, 0.1) is 0 Å². The Bertz CT molecular complexity index is 55.5. The van der Waals surface area contributed by atoms with Crippen molar-refractivity contribution < 1.29 is 14.2 Å². The van der Waals surface area contributed by atoms with Crippen molar-refractivity contribution in [3.63, 3.8) is 0 Å². The second kappa shape index (κ2) is 8.30. The van der Waals surface area contributed by atoms with E-state index in [1.54, 1.807) is 0 Å². The van der Waals surface area contributed by atoms with Crippen molar-refractivity contribution in [2.75, 3.05) is 0 Å². The molecule has 0 bridgehead atoms. The summed E-state index contributed by atoms with van der Waals surface area (Å²) in [5, 5.41) is 0. The molecule has 0 unspecified atom stereocenters. The molecular weight excluding hydrogens is 349 g/mol. The van der Waals surface area contributed by atoms with Gasteiger partial charge in [-0.05, 0) is 13.8 Å². The second-order valence-electron chi connectivity index (χ2n) is 1.34. The Kier molecular flexibility index (Phi) is 12.5. The van der Waals surface area contributed by atoms with Gasteiger partial charge in [0.25, 0.3) is 0 Å². The van der Waals surface area contributed by atoms with Crippen LogP contribution in [-0.4, -0.2) is 0 Å². The Morgan fingerprint density at radius 1 is 1.25 bits per heavy atom. The van der Waals surface area contributed by atoms with E-state index in [4.69, 9.17) is 28.3 Å². The number of hydrogen-bond donors (Lipinski definition) is 0. The van der Waals surface area contributed by atoms with Gasteiger partial charge in [0, 0.05) is 0 Å². The first-order valence-corrected chi connectivity index (χ1v) is 10.2. The quantitative estimate of drug-likeness (QED) is 0.581. The third-order valence-electron chi connectivity index (χ3n) is 0. The molecule has 0 aliphatic rings. The zero-order chi connectivity index (χ0) is 7.15. The van der Waals surface area contributed by atoms with Crippen molar-refractivity contribution in [2.45, 2.75) is 13.8 Å². The first-order valence-electron chi connectivity index (χ1n) is 1.71. The molecule has 0 heterocycles. The molecule has 0 fully saturated rings. The van der Waals surface area contributed by atoms with Crippen LogP contribution in [-0.2, 0) is 14.2 Å². The van der Waals surface area contributed by atoms with Gasteiger partial charge in [-0.2, -0.15) is 0 Å². The second-order valence-corrected chi connectivity index (χ2v) is 11.2. The topological polar surface area (TPSA) is 0 Å². The average molecular weight is 358 g/mol. The molecule has 4 heteroatoms. The van der Waals surface area contributed by atoms with Crippen LogP contribution in [0.5, 0.6) is 0 Å². The molecule has 0 radical (unpaired) electrons. The van der Waals surface area contributed by atoms with Gasteiger partial charge in [-0.3, -0.25) is 0 Å². The molecule has 0 aliphatic heterocycles. The summed E-state index contributed by atoms with van der Waals surface area (Å²) in [6, 6.07) is 0. The van der Waals surface area contributed by atoms with Crippen molar-refractivity contribution in [3.8, 4) is 0 Å². The monoisotopic (exact) mass is 356 g/mol. The molecule has 0 aromatic rings. The molecule has 55 valence electrons. The van der Waals surface area contributed by atoms with Crippen molar-refractivity contribution in [2.24, 2.45) is 0 Å². The van der Waals surface area contributed by atoms with Gasteiger partial charge in [0.2, 0.25) is 0 Å². The molecule has 0 spiro atoms. The standard InChI is InChI=1S/C4H8.3ClH.Pt/c1-4(2)3;;;;/h1H2,2-3H3;3*1H;/q;;;;+3/p-3. The molecule has 8 heavy (non-hydrogen) atoms. The molecule has 0 nitrogen and oxygen atoms in total. The molecule has 0 amide bonds. The van der Waals surface area contributed by atoms with Gasteiger partial charge in [0.05, 0.1) is 0 Å². The van der Waals surface area contributed by atoms with E-state index in [0.717, 1.165) is 0 Å². The van der Waals surface area contributed by atoms with Crippen molar-refractivity contribution in [1.82, 2.24) is 0 Å².